The highest BCUT2D eigenvalue weighted by atomic mass is 19.1. The minimum absolute atomic E-state index is 0.153. The summed E-state index contributed by atoms with van der Waals surface area (Å²) in [6.07, 6.45) is 3.88. The topological polar surface area (TPSA) is 57.8 Å². The molecule has 0 bridgehead atoms. The fraction of sp³-hybridized carbons (Fsp3) is 0.238. The molecule has 0 unspecified atom stereocenters. The smallest absolute Gasteiger partial charge is 0.244 e. The third-order valence-corrected chi connectivity index (χ3v) is 4.18. The van der Waals surface area contributed by atoms with E-state index >= 15 is 0 Å². The van der Waals surface area contributed by atoms with Crippen LogP contribution in [0.3, 0.4) is 0 Å². The zero-order valence-corrected chi connectivity index (χ0v) is 14.9. The van der Waals surface area contributed by atoms with Gasteiger partial charge in [0.25, 0.3) is 0 Å². The molecule has 0 aliphatic carbocycles. The standard InChI is InChI=1S/C21H22FN3O/c1-14(2)16-6-3-15(4-7-16)5-10-21(26)23-12-11-20-24-18-9-8-17(22)13-19(18)25-20/h3-10,13-14H,11-12H2,1-2H3,(H,23,26)(H,24,25)/b10-5+. The van der Waals surface area contributed by atoms with Gasteiger partial charge in [-0.2, -0.15) is 0 Å². The Morgan fingerprint density at radius 3 is 2.73 bits per heavy atom. The molecule has 5 heteroatoms. The van der Waals surface area contributed by atoms with Crippen LogP contribution in [-0.4, -0.2) is 22.4 Å². The predicted molar refractivity (Wildman–Crippen MR) is 102 cm³/mol. The minimum Gasteiger partial charge on any atom is -0.352 e. The molecule has 0 saturated carbocycles. The van der Waals surface area contributed by atoms with Gasteiger partial charge in [-0.1, -0.05) is 38.1 Å². The zero-order valence-electron chi connectivity index (χ0n) is 14.9. The van der Waals surface area contributed by atoms with Crippen LogP contribution in [0.15, 0.2) is 48.5 Å². The summed E-state index contributed by atoms with van der Waals surface area (Å²) in [6, 6.07) is 12.6. The molecule has 0 fully saturated rings. The van der Waals surface area contributed by atoms with Crippen LogP contribution in [0.2, 0.25) is 0 Å². The van der Waals surface area contributed by atoms with Crippen LogP contribution in [-0.2, 0) is 11.2 Å². The van der Waals surface area contributed by atoms with Crippen LogP contribution in [0, 0.1) is 5.82 Å². The average molecular weight is 351 g/mol. The van der Waals surface area contributed by atoms with E-state index in [2.05, 4.69) is 41.3 Å². The highest BCUT2D eigenvalue weighted by Crippen LogP contribution is 2.15. The molecular weight excluding hydrogens is 329 g/mol. The average Bonchev–Trinajstić information content (AvgIpc) is 3.02. The number of benzene rings is 2. The van der Waals surface area contributed by atoms with Crippen LogP contribution in [0.25, 0.3) is 17.1 Å². The molecule has 2 N–H and O–H groups in total. The van der Waals surface area contributed by atoms with Gasteiger partial charge in [-0.25, -0.2) is 9.37 Å². The van der Waals surface area contributed by atoms with E-state index in [0.29, 0.717) is 24.4 Å². The fourth-order valence-corrected chi connectivity index (χ4v) is 2.68. The molecule has 2 aromatic carbocycles. The number of nitrogens with zero attached hydrogens (tertiary/aromatic N) is 1. The number of amides is 1. The molecule has 0 aliphatic heterocycles. The van der Waals surface area contributed by atoms with Crippen molar-refractivity contribution in [2.75, 3.05) is 6.54 Å². The van der Waals surface area contributed by atoms with E-state index in [1.165, 1.54) is 23.8 Å². The van der Waals surface area contributed by atoms with Crippen molar-refractivity contribution in [1.29, 1.82) is 0 Å². The van der Waals surface area contributed by atoms with E-state index in [0.717, 1.165) is 16.9 Å². The second-order valence-corrected chi connectivity index (χ2v) is 6.54. The molecule has 26 heavy (non-hydrogen) atoms. The number of halogens is 1. The van der Waals surface area contributed by atoms with Crippen molar-refractivity contribution in [1.82, 2.24) is 15.3 Å². The first-order valence-electron chi connectivity index (χ1n) is 8.71. The van der Waals surface area contributed by atoms with Crippen molar-refractivity contribution >= 4 is 23.0 Å². The number of rotatable bonds is 6. The Labute approximate surface area is 152 Å². The molecule has 1 aromatic heterocycles. The van der Waals surface area contributed by atoms with E-state index in [4.69, 9.17) is 0 Å². The molecule has 1 amide bonds. The summed E-state index contributed by atoms with van der Waals surface area (Å²) < 4.78 is 13.2. The Hall–Kier alpha value is -2.95. The Balaban J connectivity index is 1.50. The highest BCUT2D eigenvalue weighted by molar-refractivity contribution is 5.91. The maximum absolute atomic E-state index is 13.2. The summed E-state index contributed by atoms with van der Waals surface area (Å²) in [5.74, 6) is 0.762. The number of hydrogen-bond donors (Lipinski definition) is 2. The van der Waals surface area contributed by atoms with Crippen LogP contribution in [0.5, 0.6) is 0 Å². The van der Waals surface area contributed by atoms with E-state index in [-0.39, 0.29) is 11.7 Å². The Morgan fingerprint density at radius 2 is 2.00 bits per heavy atom. The maximum Gasteiger partial charge on any atom is 0.244 e. The molecule has 0 aliphatic rings. The van der Waals surface area contributed by atoms with Crippen molar-refractivity contribution in [2.45, 2.75) is 26.2 Å². The molecular formula is C21H22FN3O. The lowest BCUT2D eigenvalue weighted by molar-refractivity contribution is -0.116. The molecule has 3 aromatic rings. The summed E-state index contributed by atoms with van der Waals surface area (Å²) >= 11 is 0. The van der Waals surface area contributed by atoms with Crippen molar-refractivity contribution < 1.29 is 9.18 Å². The van der Waals surface area contributed by atoms with Crippen molar-refractivity contribution in [3.63, 3.8) is 0 Å². The lowest BCUT2D eigenvalue weighted by Crippen LogP contribution is -2.23. The summed E-state index contributed by atoms with van der Waals surface area (Å²) in [6.45, 7) is 4.76. The number of H-pyrrole nitrogens is 1. The lowest BCUT2D eigenvalue weighted by Gasteiger charge is -2.04. The monoisotopic (exact) mass is 351 g/mol. The summed E-state index contributed by atoms with van der Waals surface area (Å²) in [5, 5.41) is 2.83. The van der Waals surface area contributed by atoms with Crippen molar-refractivity contribution in [3.05, 3.63) is 71.3 Å². The molecule has 4 nitrogen and oxygen atoms in total. The second kappa shape index (κ2) is 7.95. The molecule has 3 rings (SSSR count). The van der Waals surface area contributed by atoms with Crippen molar-refractivity contribution in [3.8, 4) is 0 Å². The molecule has 134 valence electrons. The van der Waals surface area contributed by atoms with Gasteiger partial charge in [-0.05, 0) is 41.3 Å². The van der Waals surface area contributed by atoms with Gasteiger partial charge in [-0.15, -0.1) is 0 Å². The number of aromatic nitrogens is 2. The van der Waals surface area contributed by atoms with E-state index in [1.807, 2.05) is 12.1 Å². The van der Waals surface area contributed by atoms with E-state index in [1.54, 1.807) is 12.1 Å². The first-order valence-corrected chi connectivity index (χ1v) is 8.71. The third-order valence-electron chi connectivity index (χ3n) is 4.18. The predicted octanol–water partition coefficient (Wildman–Crippen LogP) is 4.20. The van der Waals surface area contributed by atoms with Crippen molar-refractivity contribution in [2.24, 2.45) is 0 Å². The quantitative estimate of drug-likeness (QED) is 0.654. The van der Waals surface area contributed by atoms with Crippen LogP contribution < -0.4 is 5.32 Å². The Bertz CT molecular complexity index is 926. The van der Waals surface area contributed by atoms with Gasteiger partial charge in [-0.3, -0.25) is 4.79 Å². The molecule has 1 heterocycles. The highest BCUT2D eigenvalue weighted by Gasteiger charge is 2.04. The third kappa shape index (κ3) is 4.57. The largest absolute Gasteiger partial charge is 0.352 e. The normalized spacial score (nSPS) is 11.5. The van der Waals surface area contributed by atoms with Gasteiger partial charge < -0.3 is 10.3 Å². The van der Waals surface area contributed by atoms with Gasteiger partial charge in [0.15, 0.2) is 0 Å². The second-order valence-electron chi connectivity index (χ2n) is 6.54. The van der Waals surface area contributed by atoms with Gasteiger partial charge in [0.05, 0.1) is 11.0 Å². The van der Waals surface area contributed by atoms with Gasteiger partial charge in [0.1, 0.15) is 11.6 Å². The maximum atomic E-state index is 13.2. The number of carbonyl (C=O) groups excluding carboxylic acids is 1. The lowest BCUT2D eigenvalue weighted by atomic mass is 10.0. The summed E-state index contributed by atoms with van der Waals surface area (Å²) in [7, 11) is 0. The van der Waals surface area contributed by atoms with Gasteiger partial charge >= 0.3 is 0 Å². The van der Waals surface area contributed by atoms with E-state index < -0.39 is 0 Å². The molecule has 0 spiro atoms. The van der Waals surface area contributed by atoms with Crippen LogP contribution >= 0.6 is 0 Å². The van der Waals surface area contributed by atoms with E-state index in [9.17, 15) is 9.18 Å². The van der Waals surface area contributed by atoms with Gasteiger partial charge in [0, 0.05) is 19.0 Å². The number of nitrogens with one attached hydrogen (secondary N) is 2. The molecule has 0 atom stereocenters. The first-order chi connectivity index (χ1) is 12.5. The number of carbonyl (C=O) groups is 1. The Morgan fingerprint density at radius 1 is 1.23 bits per heavy atom. The number of hydrogen-bond acceptors (Lipinski definition) is 2. The number of aromatic amines is 1. The molecule has 0 saturated heterocycles. The summed E-state index contributed by atoms with van der Waals surface area (Å²) in [5.41, 5.74) is 3.65. The Kier molecular flexibility index (Phi) is 5.46. The van der Waals surface area contributed by atoms with Gasteiger partial charge in [0.2, 0.25) is 5.91 Å². The fourth-order valence-electron chi connectivity index (χ4n) is 2.68. The number of imidazole rings is 1. The molecule has 0 radical (unpaired) electrons. The SMILES string of the molecule is CC(C)c1ccc(/C=C/C(=O)NCCc2nc3ccc(F)cc3[nH]2)cc1. The first kappa shape index (κ1) is 17.9. The summed E-state index contributed by atoms with van der Waals surface area (Å²) in [4.78, 5) is 19.4. The number of fused-ring (bicyclic) bond motifs is 1. The zero-order chi connectivity index (χ0) is 18.5. The van der Waals surface area contributed by atoms with Crippen LogP contribution in [0.4, 0.5) is 4.39 Å². The van der Waals surface area contributed by atoms with Crippen LogP contribution in [0.1, 0.15) is 36.7 Å². The minimum atomic E-state index is -0.299.